The largest absolute Gasteiger partial charge is 0.387 e. The van der Waals surface area contributed by atoms with E-state index in [0.29, 0.717) is 19.5 Å². The fourth-order valence-electron chi connectivity index (χ4n) is 1.38. The molecule has 1 atom stereocenters. The summed E-state index contributed by atoms with van der Waals surface area (Å²) in [7, 11) is -2.86. The maximum atomic E-state index is 11.2. The summed E-state index contributed by atoms with van der Waals surface area (Å²) in [6, 6.07) is 1.89. The first-order valence-corrected chi connectivity index (χ1v) is 8.43. The molecule has 0 saturated heterocycles. The highest BCUT2D eigenvalue weighted by Crippen LogP contribution is 2.14. The fraction of sp³-hybridized carbons (Fsp3) is 0.636. The molecule has 1 aromatic rings. The number of nitrogens with one attached hydrogen (secondary N) is 1. The summed E-state index contributed by atoms with van der Waals surface area (Å²) < 4.78 is 22.4. The highest BCUT2D eigenvalue weighted by Gasteiger charge is 2.08. The topological polar surface area (TPSA) is 66.4 Å². The Morgan fingerprint density at radius 3 is 2.88 bits per heavy atom. The van der Waals surface area contributed by atoms with Crippen molar-refractivity contribution in [2.45, 2.75) is 19.4 Å². The summed E-state index contributed by atoms with van der Waals surface area (Å²) in [6.45, 7) is 2.73. The molecule has 1 unspecified atom stereocenters. The van der Waals surface area contributed by atoms with Crippen LogP contribution in [-0.2, 0) is 9.84 Å². The molecule has 1 aromatic heterocycles. The maximum Gasteiger partial charge on any atom is 0.150 e. The highest BCUT2D eigenvalue weighted by molar-refractivity contribution is 7.91. The van der Waals surface area contributed by atoms with Crippen LogP contribution in [0.15, 0.2) is 16.8 Å². The molecule has 0 bridgehead atoms. The Morgan fingerprint density at radius 2 is 2.29 bits per heavy atom. The van der Waals surface area contributed by atoms with Crippen LogP contribution < -0.4 is 5.32 Å². The van der Waals surface area contributed by atoms with Gasteiger partial charge in [0, 0.05) is 12.3 Å². The Balaban J connectivity index is 2.13. The average Bonchev–Trinajstić information content (AvgIpc) is 2.82. The summed E-state index contributed by atoms with van der Waals surface area (Å²) >= 11 is 1.55. The van der Waals surface area contributed by atoms with Gasteiger partial charge in [0.05, 0.1) is 11.9 Å². The summed E-state index contributed by atoms with van der Waals surface area (Å²) in [6.07, 6.45) is 0.0797. The zero-order valence-corrected chi connectivity index (χ0v) is 11.6. The van der Waals surface area contributed by atoms with E-state index >= 15 is 0 Å². The van der Waals surface area contributed by atoms with Crippen molar-refractivity contribution in [3.8, 4) is 0 Å². The molecule has 6 heteroatoms. The highest BCUT2D eigenvalue weighted by atomic mass is 32.2. The Kier molecular flexibility index (Phi) is 6.11. The van der Waals surface area contributed by atoms with Gasteiger partial charge >= 0.3 is 0 Å². The van der Waals surface area contributed by atoms with Crippen LogP contribution in [0.1, 0.15) is 25.0 Å². The van der Waals surface area contributed by atoms with E-state index in [1.54, 1.807) is 18.3 Å². The molecule has 2 N–H and O–H groups in total. The Hall–Kier alpha value is -0.430. The van der Waals surface area contributed by atoms with Crippen molar-refractivity contribution in [1.29, 1.82) is 0 Å². The molecule has 0 aliphatic heterocycles. The third-order valence-corrected chi connectivity index (χ3v) is 5.01. The van der Waals surface area contributed by atoms with Gasteiger partial charge in [-0.05, 0) is 35.4 Å². The first kappa shape index (κ1) is 14.6. The standard InChI is InChI=1S/C11H19NO3S2/c1-2-17(14,15)7-3-5-12-8-11(13)10-4-6-16-9-10/h4,6,9,11-13H,2-3,5,7-8H2,1H3. The molecule has 0 aromatic carbocycles. The van der Waals surface area contributed by atoms with Gasteiger partial charge < -0.3 is 10.4 Å². The lowest BCUT2D eigenvalue weighted by Crippen LogP contribution is -2.24. The van der Waals surface area contributed by atoms with E-state index in [1.807, 2.05) is 16.8 Å². The molecule has 0 fully saturated rings. The Morgan fingerprint density at radius 1 is 1.53 bits per heavy atom. The number of sulfone groups is 1. The number of rotatable bonds is 8. The molecule has 0 aliphatic carbocycles. The minimum atomic E-state index is -2.86. The van der Waals surface area contributed by atoms with Gasteiger partial charge in [-0.15, -0.1) is 0 Å². The van der Waals surface area contributed by atoms with Crippen LogP contribution in [0.25, 0.3) is 0 Å². The van der Waals surface area contributed by atoms with E-state index in [9.17, 15) is 13.5 Å². The monoisotopic (exact) mass is 277 g/mol. The van der Waals surface area contributed by atoms with Gasteiger partial charge in [0.15, 0.2) is 0 Å². The third-order valence-electron chi connectivity index (χ3n) is 2.51. The van der Waals surface area contributed by atoms with E-state index in [0.717, 1.165) is 5.56 Å². The fourth-order valence-corrected chi connectivity index (χ4v) is 2.96. The minimum absolute atomic E-state index is 0.199. The van der Waals surface area contributed by atoms with Crippen molar-refractivity contribution < 1.29 is 13.5 Å². The van der Waals surface area contributed by atoms with Crippen molar-refractivity contribution >= 4 is 21.2 Å². The number of hydrogen-bond donors (Lipinski definition) is 2. The molecular formula is C11H19NO3S2. The Labute approximate surface area is 107 Å². The van der Waals surface area contributed by atoms with Gasteiger partial charge in [0.25, 0.3) is 0 Å². The quantitative estimate of drug-likeness (QED) is 0.701. The minimum Gasteiger partial charge on any atom is -0.387 e. The Bertz CT molecular complexity index is 400. The molecular weight excluding hydrogens is 258 g/mol. The van der Waals surface area contributed by atoms with Gasteiger partial charge in [-0.3, -0.25) is 0 Å². The van der Waals surface area contributed by atoms with Gasteiger partial charge in [-0.25, -0.2) is 8.42 Å². The zero-order valence-electron chi connectivity index (χ0n) is 9.93. The SMILES string of the molecule is CCS(=O)(=O)CCCNCC(O)c1ccsc1. The molecule has 0 amide bonds. The number of thiophene rings is 1. The molecule has 0 radical (unpaired) electrons. The van der Waals surface area contributed by atoms with E-state index in [1.165, 1.54) is 0 Å². The van der Waals surface area contributed by atoms with Crippen molar-refractivity contribution in [2.75, 3.05) is 24.6 Å². The van der Waals surface area contributed by atoms with Crippen LogP contribution in [0.5, 0.6) is 0 Å². The second-order valence-electron chi connectivity index (χ2n) is 3.87. The van der Waals surface area contributed by atoms with Crippen LogP contribution >= 0.6 is 11.3 Å². The normalized spacial score (nSPS) is 13.8. The molecule has 0 aliphatic rings. The number of aliphatic hydroxyl groups is 1. The average molecular weight is 277 g/mol. The van der Waals surface area contributed by atoms with E-state index < -0.39 is 15.9 Å². The summed E-state index contributed by atoms with van der Waals surface area (Å²) in [5.41, 5.74) is 0.906. The molecule has 98 valence electrons. The van der Waals surface area contributed by atoms with E-state index in [2.05, 4.69) is 5.32 Å². The second-order valence-corrected chi connectivity index (χ2v) is 7.12. The predicted molar refractivity (Wildman–Crippen MR) is 71.1 cm³/mol. The molecule has 0 saturated carbocycles. The van der Waals surface area contributed by atoms with Crippen molar-refractivity contribution in [2.24, 2.45) is 0 Å². The van der Waals surface area contributed by atoms with Crippen LogP contribution in [0.2, 0.25) is 0 Å². The summed E-state index contributed by atoms with van der Waals surface area (Å²) in [5, 5.41) is 16.6. The third kappa shape index (κ3) is 5.63. The molecule has 1 heterocycles. The first-order valence-electron chi connectivity index (χ1n) is 5.66. The van der Waals surface area contributed by atoms with E-state index in [-0.39, 0.29) is 11.5 Å². The molecule has 17 heavy (non-hydrogen) atoms. The smallest absolute Gasteiger partial charge is 0.150 e. The number of aliphatic hydroxyl groups excluding tert-OH is 1. The van der Waals surface area contributed by atoms with Gasteiger partial charge in [-0.1, -0.05) is 6.92 Å². The second kappa shape index (κ2) is 7.10. The van der Waals surface area contributed by atoms with Crippen molar-refractivity contribution in [1.82, 2.24) is 5.32 Å². The van der Waals surface area contributed by atoms with Crippen LogP contribution in [0.4, 0.5) is 0 Å². The molecule has 4 nitrogen and oxygen atoms in total. The molecule has 0 spiro atoms. The van der Waals surface area contributed by atoms with Crippen LogP contribution in [0, 0.1) is 0 Å². The van der Waals surface area contributed by atoms with Gasteiger partial charge in [0.2, 0.25) is 0 Å². The predicted octanol–water partition coefficient (Wildman–Crippen LogP) is 1.20. The zero-order chi connectivity index (χ0) is 12.7. The van der Waals surface area contributed by atoms with Gasteiger partial charge in [-0.2, -0.15) is 11.3 Å². The lowest BCUT2D eigenvalue weighted by atomic mass is 10.2. The summed E-state index contributed by atoms with van der Waals surface area (Å²) in [5.74, 6) is 0.412. The number of hydrogen-bond acceptors (Lipinski definition) is 5. The van der Waals surface area contributed by atoms with Gasteiger partial charge in [0.1, 0.15) is 9.84 Å². The molecule has 1 rings (SSSR count). The first-order chi connectivity index (χ1) is 8.05. The van der Waals surface area contributed by atoms with Crippen LogP contribution in [-0.4, -0.2) is 38.1 Å². The lowest BCUT2D eigenvalue weighted by molar-refractivity contribution is 0.175. The van der Waals surface area contributed by atoms with Crippen molar-refractivity contribution in [3.05, 3.63) is 22.4 Å². The van der Waals surface area contributed by atoms with Crippen molar-refractivity contribution in [3.63, 3.8) is 0 Å². The lowest BCUT2D eigenvalue weighted by Gasteiger charge is -2.10. The van der Waals surface area contributed by atoms with E-state index in [4.69, 9.17) is 0 Å². The maximum absolute atomic E-state index is 11.2. The summed E-state index contributed by atoms with van der Waals surface area (Å²) in [4.78, 5) is 0. The van der Waals surface area contributed by atoms with Crippen LogP contribution in [0.3, 0.4) is 0 Å².